The van der Waals surface area contributed by atoms with Crippen LogP contribution in [0, 0.1) is 12.3 Å². The molecule has 0 saturated carbocycles. The Labute approximate surface area is 174 Å². The van der Waals surface area contributed by atoms with Gasteiger partial charge in [0.25, 0.3) is 0 Å². The Hall–Kier alpha value is -1.42. The minimum absolute atomic E-state index is 0.0219. The Kier molecular flexibility index (Phi) is 6.19. The van der Waals surface area contributed by atoms with Gasteiger partial charge in [0.15, 0.2) is 0 Å². The minimum atomic E-state index is -0.732. The number of aliphatic hydroxyl groups excluding tert-OH is 1. The first kappa shape index (κ1) is 21.3. The summed E-state index contributed by atoms with van der Waals surface area (Å²) < 4.78 is 6.14. The maximum Gasteiger partial charge on any atom is 0.106 e. The summed E-state index contributed by atoms with van der Waals surface area (Å²) in [6.07, 6.45) is 1.19. The topological polar surface area (TPSA) is 42.4 Å². The SMILES string of the molecule is CCOC1CC(C)(C)Cc2nc(C(C)C)c([C@@H](O)c3ccc(Cl)cc3)c(C)c21. The molecule has 1 aliphatic rings. The number of hydrogen-bond acceptors (Lipinski definition) is 3. The van der Waals surface area contributed by atoms with Crippen molar-refractivity contribution < 1.29 is 9.84 Å². The average Bonchev–Trinajstić information content (AvgIpc) is 2.60. The molecular weight excluding hydrogens is 370 g/mol. The van der Waals surface area contributed by atoms with Crippen LogP contribution in [-0.4, -0.2) is 16.7 Å². The third kappa shape index (κ3) is 4.12. The van der Waals surface area contributed by atoms with Gasteiger partial charge in [0.2, 0.25) is 0 Å². The third-order valence-electron chi connectivity index (χ3n) is 5.73. The highest BCUT2D eigenvalue weighted by Crippen LogP contribution is 2.46. The second kappa shape index (κ2) is 8.14. The van der Waals surface area contributed by atoms with Crippen LogP contribution >= 0.6 is 11.6 Å². The van der Waals surface area contributed by atoms with Crippen molar-refractivity contribution in [2.45, 2.75) is 72.5 Å². The van der Waals surface area contributed by atoms with Gasteiger partial charge >= 0.3 is 0 Å². The predicted octanol–water partition coefficient (Wildman–Crippen LogP) is 6.30. The van der Waals surface area contributed by atoms with Crippen molar-refractivity contribution >= 4 is 11.6 Å². The lowest BCUT2D eigenvalue weighted by Gasteiger charge is -2.38. The van der Waals surface area contributed by atoms with E-state index < -0.39 is 6.10 Å². The van der Waals surface area contributed by atoms with E-state index in [0.717, 1.165) is 40.9 Å². The van der Waals surface area contributed by atoms with Crippen LogP contribution in [0.5, 0.6) is 0 Å². The van der Waals surface area contributed by atoms with Crippen LogP contribution in [0.2, 0.25) is 5.02 Å². The maximum absolute atomic E-state index is 11.3. The number of halogens is 1. The van der Waals surface area contributed by atoms with Crippen LogP contribution in [0.3, 0.4) is 0 Å². The zero-order chi connectivity index (χ0) is 20.6. The Bertz CT molecular complexity index is 843. The molecule has 4 heteroatoms. The van der Waals surface area contributed by atoms with Gasteiger partial charge in [0.1, 0.15) is 6.10 Å². The zero-order valence-corrected chi connectivity index (χ0v) is 18.6. The van der Waals surface area contributed by atoms with Crippen LogP contribution in [0.1, 0.15) is 92.8 Å². The van der Waals surface area contributed by atoms with E-state index in [1.165, 1.54) is 5.56 Å². The maximum atomic E-state index is 11.3. The fourth-order valence-corrected chi connectivity index (χ4v) is 4.58. The molecule has 1 N–H and O–H groups in total. The molecular formula is C24H32ClNO2. The van der Waals surface area contributed by atoms with Gasteiger partial charge < -0.3 is 9.84 Å². The van der Waals surface area contributed by atoms with Crippen LogP contribution in [0.15, 0.2) is 24.3 Å². The molecule has 1 aromatic carbocycles. The Morgan fingerprint density at radius 1 is 1.25 bits per heavy atom. The van der Waals surface area contributed by atoms with E-state index in [1.54, 1.807) is 0 Å². The van der Waals surface area contributed by atoms with Gasteiger partial charge in [-0.15, -0.1) is 0 Å². The summed E-state index contributed by atoms with van der Waals surface area (Å²) in [6.45, 7) is 13.7. The highest BCUT2D eigenvalue weighted by Gasteiger charge is 2.37. The molecule has 0 amide bonds. The van der Waals surface area contributed by atoms with Gasteiger partial charge in [-0.25, -0.2) is 0 Å². The quantitative estimate of drug-likeness (QED) is 0.639. The summed E-state index contributed by atoms with van der Waals surface area (Å²) in [5.41, 5.74) is 6.30. The molecule has 28 heavy (non-hydrogen) atoms. The summed E-state index contributed by atoms with van der Waals surface area (Å²) in [4.78, 5) is 5.10. The molecule has 0 aliphatic heterocycles. The van der Waals surface area contributed by atoms with Crippen molar-refractivity contribution in [1.82, 2.24) is 4.98 Å². The summed E-state index contributed by atoms with van der Waals surface area (Å²) in [5, 5.41) is 12.0. The van der Waals surface area contributed by atoms with Crippen molar-refractivity contribution in [1.29, 1.82) is 0 Å². The number of rotatable bonds is 5. The monoisotopic (exact) mass is 401 g/mol. The first-order chi connectivity index (χ1) is 13.1. The van der Waals surface area contributed by atoms with Crippen molar-refractivity contribution in [3.63, 3.8) is 0 Å². The van der Waals surface area contributed by atoms with Gasteiger partial charge in [-0.3, -0.25) is 4.98 Å². The molecule has 0 bridgehead atoms. The van der Waals surface area contributed by atoms with E-state index in [-0.39, 0.29) is 17.4 Å². The van der Waals surface area contributed by atoms with Gasteiger partial charge in [-0.05, 0) is 61.3 Å². The second-order valence-corrected chi connectivity index (χ2v) is 9.43. The van der Waals surface area contributed by atoms with E-state index in [2.05, 4.69) is 34.6 Å². The number of nitrogens with zero attached hydrogens (tertiary/aromatic N) is 1. The molecule has 1 aromatic heterocycles. The van der Waals surface area contributed by atoms with E-state index in [0.29, 0.717) is 11.6 Å². The fraction of sp³-hybridized carbons (Fsp3) is 0.542. The minimum Gasteiger partial charge on any atom is -0.384 e. The van der Waals surface area contributed by atoms with Crippen LogP contribution in [-0.2, 0) is 11.2 Å². The highest BCUT2D eigenvalue weighted by atomic mass is 35.5. The molecule has 3 nitrogen and oxygen atoms in total. The normalized spacial score (nSPS) is 19.5. The molecule has 2 atom stereocenters. The van der Waals surface area contributed by atoms with E-state index in [4.69, 9.17) is 21.3 Å². The van der Waals surface area contributed by atoms with Crippen molar-refractivity contribution in [2.75, 3.05) is 6.61 Å². The van der Waals surface area contributed by atoms with Crippen molar-refractivity contribution in [3.05, 3.63) is 62.9 Å². The van der Waals surface area contributed by atoms with E-state index in [1.807, 2.05) is 31.2 Å². The first-order valence-electron chi connectivity index (χ1n) is 10.2. The Morgan fingerprint density at radius 2 is 1.89 bits per heavy atom. The summed E-state index contributed by atoms with van der Waals surface area (Å²) in [7, 11) is 0. The number of ether oxygens (including phenoxy) is 1. The molecule has 2 aromatic rings. The number of aromatic nitrogens is 1. The van der Waals surface area contributed by atoms with E-state index >= 15 is 0 Å². The van der Waals surface area contributed by atoms with Crippen molar-refractivity contribution in [2.24, 2.45) is 5.41 Å². The molecule has 1 aliphatic carbocycles. The fourth-order valence-electron chi connectivity index (χ4n) is 4.45. The van der Waals surface area contributed by atoms with Crippen molar-refractivity contribution in [3.8, 4) is 0 Å². The molecule has 1 unspecified atom stereocenters. The average molecular weight is 402 g/mol. The lowest BCUT2D eigenvalue weighted by atomic mass is 9.72. The largest absolute Gasteiger partial charge is 0.384 e. The number of fused-ring (bicyclic) bond motifs is 1. The predicted molar refractivity (Wildman–Crippen MR) is 115 cm³/mol. The van der Waals surface area contributed by atoms with Gasteiger partial charge in [-0.1, -0.05) is 51.4 Å². The standard InChI is InChI=1S/C24H32ClNO2/c1-7-28-19-13-24(5,6)12-18-20(19)15(4)21(22(26-18)14(2)3)23(27)16-8-10-17(25)11-9-16/h8-11,14,19,23,27H,7,12-13H2,1-6H3/t19?,23-/m0/s1. The first-order valence-corrected chi connectivity index (χ1v) is 10.6. The molecule has 0 spiro atoms. The van der Waals surface area contributed by atoms with Crippen LogP contribution in [0.4, 0.5) is 0 Å². The van der Waals surface area contributed by atoms with Gasteiger partial charge in [0.05, 0.1) is 6.10 Å². The number of aliphatic hydroxyl groups is 1. The number of benzene rings is 1. The highest BCUT2D eigenvalue weighted by molar-refractivity contribution is 6.30. The molecule has 1 heterocycles. The van der Waals surface area contributed by atoms with Gasteiger partial charge in [0, 0.05) is 34.1 Å². The Balaban J connectivity index is 2.20. The summed E-state index contributed by atoms with van der Waals surface area (Å²) in [5.74, 6) is 0.219. The second-order valence-electron chi connectivity index (χ2n) is 8.99. The molecule has 3 rings (SSSR count). The smallest absolute Gasteiger partial charge is 0.106 e. The lowest BCUT2D eigenvalue weighted by Crippen LogP contribution is -2.30. The zero-order valence-electron chi connectivity index (χ0n) is 17.8. The third-order valence-corrected chi connectivity index (χ3v) is 5.98. The summed E-state index contributed by atoms with van der Waals surface area (Å²) in [6, 6.07) is 7.42. The van der Waals surface area contributed by atoms with E-state index in [9.17, 15) is 5.11 Å². The van der Waals surface area contributed by atoms with Gasteiger partial charge in [-0.2, -0.15) is 0 Å². The number of hydrogen-bond donors (Lipinski definition) is 1. The Morgan fingerprint density at radius 3 is 2.46 bits per heavy atom. The molecule has 0 fully saturated rings. The molecule has 0 radical (unpaired) electrons. The molecule has 0 saturated heterocycles. The van der Waals surface area contributed by atoms with Crippen LogP contribution < -0.4 is 0 Å². The summed E-state index contributed by atoms with van der Waals surface area (Å²) >= 11 is 6.04. The van der Waals surface area contributed by atoms with Crippen LogP contribution in [0.25, 0.3) is 0 Å². The molecule has 152 valence electrons. The number of pyridine rings is 1. The lowest BCUT2D eigenvalue weighted by molar-refractivity contribution is 0.0184.